The molecule has 0 fully saturated rings. The van der Waals surface area contributed by atoms with Gasteiger partial charge in [0.1, 0.15) is 11.6 Å². The topological polar surface area (TPSA) is 59.1 Å². The van der Waals surface area contributed by atoms with E-state index in [1.54, 1.807) is 13.0 Å². The van der Waals surface area contributed by atoms with Crippen molar-refractivity contribution >= 4 is 27.4 Å². The summed E-state index contributed by atoms with van der Waals surface area (Å²) in [5.41, 5.74) is -0.887. The maximum Gasteiger partial charge on any atom is 0.416 e. The van der Waals surface area contributed by atoms with Gasteiger partial charge in [0.15, 0.2) is 0 Å². The van der Waals surface area contributed by atoms with Crippen LogP contribution in [0.5, 0.6) is 0 Å². The van der Waals surface area contributed by atoms with Gasteiger partial charge in [-0.3, -0.25) is 4.72 Å². The molecule has 0 aliphatic rings. The molecule has 0 bridgehead atoms. The molecule has 2 aromatic carbocycles. The monoisotopic (exact) mass is 444 g/mol. The average molecular weight is 445 g/mol. The Hall–Kier alpha value is -2.65. The molecule has 1 heterocycles. The van der Waals surface area contributed by atoms with Crippen molar-refractivity contribution in [1.82, 2.24) is 4.98 Å². The van der Waals surface area contributed by atoms with Gasteiger partial charge in [-0.15, -0.1) is 0 Å². The summed E-state index contributed by atoms with van der Waals surface area (Å²) >= 11 is 5.95. The van der Waals surface area contributed by atoms with Crippen LogP contribution in [-0.4, -0.2) is 13.4 Å². The fraction of sp³-hybridized carbons (Fsp3) is 0.105. The molecule has 1 aromatic heterocycles. The molecule has 1 N–H and O–H groups in total. The van der Waals surface area contributed by atoms with Crippen LogP contribution in [0.1, 0.15) is 11.1 Å². The van der Waals surface area contributed by atoms with Gasteiger partial charge in [-0.2, -0.15) is 13.2 Å². The summed E-state index contributed by atoms with van der Waals surface area (Å²) in [7, 11) is -4.00. The maximum atomic E-state index is 14.0. The second-order valence-electron chi connectivity index (χ2n) is 6.09. The van der Waals surface area contributed by atoms with Crippen LogP contribution in [-0.2, 0) is 16.2 Å². The molecule has 29 heavy (non-hydrogen) atoms. The van der Waals surface area contributed by atoms with E-state index in [2.05, 4.69) is 9.71 Å². The molecular weight excluding hydrogens is 432 g/mol. The number of hydrogen-bond acceptors (Lipinski definition) is 3. The molecule has 0 aliphatic heterocycles. The summed E-state index contributed by atoms with van der Waals surface area (Å²) in [5.74, 6) is -0.941. The predicted octanol–water partition coefficient (Wildman–Crippen LogP) is 5.67. The number of nitrogens with one attached hydrogen (secondary N) is 1. The van der Waals surface area contributed by atoms with Gasteiger partial charge in [0.25, 0.3) is 10.0 Å². The Morgan fingerprint density at radius 3 is 2.41 bits per heavy atom. The molecule has 0 amide bonds. The van der Waals surface area contributed by atoms with Crippen molar-refractivity contribution in [3.05, 3.63) is 76.7 Å². The number of rotatable bonds is 4. The van der Waals surface area contributed by atoms with Gasteiger partial charge in [0.05, 0.1) is 10.5 Å². The largest absolute Gasteiger partial charge is 0.416 e. The molecule has 0 unspecified atom stereocenters. The highest BCUT2D eigenvalue weighted by atomic mass is 35.5. The van der Waals surface area contributed by atoms with Crippen molar-refractivity contribution in [2.24, 2.45) is 0 Å². The Balaban J connectivity index is 1.91. The highest BCUT2D eigenvalue weighted by Gasteiger charge is 2.31. The lowest BCUT2D eigenvalue weighted by molar-refractivity contribution is -0.137. The third-order valence-corrected chi connectivity index (χ3v) is 6.02. The van der Waals surface area contributed by atoms with Gasteiger partial charge in [-0.1, -0.05) is 17.7 Å². The summed E-state index contributed by atoms with van der Waals surface area (Å²) in [4.78, 5) is 3.84. The van der Waals surface area contributed by atoms with Crippen molar-refractivity contribution in [3.8, 4) is 11.1 Å². The average Bonchev–Trinajstić information content (AvgIpc) is 2.64. The second-order valence-corrected chi connectivity index (χ2v) is 8.15. The summed E-state index contributed by atoms with van der Waals surface area (Å²) in [5, 5.41) is 0.274. The fourth-order valence-electron chi connectivity index (χ4n) is 2.61. The van der Waals surface area contributed by atoms with Crippen LogP contribution >= 0.6 is 11.6 Å². The second kappa shape index (κ2) is 7.64. The number of aromatic nitrogens is 1. The van der Waals surface area contributed by atoms with Gasteiger partial charge in [0, 0.05) is 22.3 Å². The van der Waals surface area contributed by atoms with Gasteiger partial charge >= 0.3 is 6.18 Å². The summed E-state index contributed by atoms with van der Waals surface area (Å²) in [6.07, 6.45) is -3.54. The quantitative estimate of drug-likeness (QED) is 0.527. The van der Waals surface area contributed by atoms with Crippen LogP contribution in [0.25, 0.3) is 11.1 Å². The number of pyridine rings is 1. The Morgan fingerprint density at radius 2 is 1.79 bits per heavy atom. The highest BCUT2D eigenvalue weighted by Crippen LogP contribution is 2.33. The fourth-order valence-corrected chi connectivity index (χ4v) is 4.12. The first kappa shape index (κ1) is 21.1. The number of sulfonamides is 1. The first-order valence-electron chi connectivity index (χ1n) is 8.10. The van der Waals surface area contributed by atoms with Crippen LogP contribution in [0.4, 0.5) is 23.4 Å². The lowest BCUT2D eigenvalue weighted by atomic mass is 10.0. The molecule has 3 aromatic rings. The van der Waals surface area contributed by atoms with Crippen molar-refractivity contribution in [2.75, 3.05) is 4.72 Å². The van der Waals surface area contributed by atoms with E-state index in [-0.39, 0.29) is 26.9 Å². The smallest absolute Gasteiger partial charge is 0.263 e. The van der Waals surface area contributed by atoms with E-state index < -0.39 is 27.6 Å². The molecule has 0 aliphatic carbocycles. The minimum Gasteiger partial charge on any atom is -0.263 e. The molecule has 0 saturated heterocycles. The molecule has 0 saturated carbocycles. The molecule has 4 nitrogen and oxygen atoms in total. The molecule has 0 radical (unpaired) electrons. The molecule has 3 rings (SSSR count). The van der Waals surface area contributed by atoms with Crippen LogP contribution < -0.4 is 4.72 Å². The van der Waals surface area contributed by atoms with Crippen molar-refractivity contribution in [1.29, 1.82) is 0 Å². The van der Waals surface area contributed by atoms with E-state index in [0.717, 1.165) is 12.3 Å². The van der Waals surface area contributed by atoms with E-state index >= 15 is 0 Å². The van der Waals surface area contributed by atoms with Crippen molar-refractivity contribution in [2.45, 2.75) is 18.0 Å². The molecule has 10 heteroatoms. The molecule has 0 atom stereocenters. The van der Waals surface area contributed by atoms with Gasteiger partial charge in [-0.05, 0) is 55.0 Å². The normalized spacial score (nSPS) is 12.1. The van der Waals surface area contributed by atoms with Crippen LogP contribution in [0.15, 0.2) is 59.6 Å². The number of hydrogen-bond donors (Lipinski definition) is 1. The summed E-state index contributed by atoms with van der Waals surface area (Å²) in [6.45, 7) is 1.55. The van der Waals surface area contributed by atoms with Crippen molar-refractivity contribution in [3.63, 3.8) is 0 Å². The van der Waals surface area contributed by atoms with E-state index in [0.29, 0.717) is 17.7 Å². The van der Waals surface area contributed by atoms with Crippen LogP contribution in [0, 0.1) is 12.7 Å². The van der Waals surface area contributed by atoms with Crippen molar-refractivity contribution < 1.29 is 26.0 Å². The Morgan fingerprint density at radius 1 is 1.07 bits per heavy atom. The number of halogens is 5. The maximum absolute atomic E-state index is 14.0. The summed E-state index contributed by atoms with van der Waals surface area (Å²) in [6, 6.07) is 8.93. The minimum atomic E-state index is -4.62. The number of benzene rings is 2. The SMILES string of the molecule is Cc1c(Cl)cccc1S(=O)(=O)Nc1ccc(-c2cc(C(F)(F)F)ccc2F)cn1. The van der Waals surface area contributed by atoms with E-state index in [1.807, 2.05) is 0 Å². The Bertz CT molecular complexity index is 1160. The summed E-state index contributed by atoms with van der Waals surface area (Å²) < 4.78 is 79.9. The third-order valence-electron chi connectivity index (χ3n) is 4.11. The first-order chi connectivity index (χ1) is 13.5. The zero-order chi connectivity index (χ0) is 21.4. The van der Waals surface area contributed by atoms with Crippen LogP contribution in [0.3, 0.4) is 0 Å². The standard InChI is InChI=1S/C19H13ClF4N2O2S/c1-11-15(20)3-2-4-17(11)29(27,28)26-18-8-5-12(10-25-18)14-9-13(19(22,23)24)6-7-16(14)21/h2-10H,1H3,(H,25,26). The first-order valence-corrected chi connectivity index (χ1v) is 9.96. The van der Waals surface area contributed by atoms with E-state index in [9.17, 15) is 26.0 Å². The number of nitrogens with zero attached hydrogens (tertiary/aromatic N) is 1. The lowest BCUT2D eigenvalue weighted by Crippen LogP contribution is -2.15. The number of alkyl halides is 3. The van der Waals surface area contributed by atoms with Gasteiger partial charge in [-0.25, -0.2) is 17.8 Å². The zero-order valence-electron chi connectivity index (χ0n) is 14.8. The van der Waals surface area contributed by atoms with Crippen LogP contribution in [0.2, 0.25) is 5.02 Å². The molecular formula is C19H13ClF4N2O2S. The minimum absolute atomic E-state index is 0.0419. The van der Waals surface area contributed by atoms with E-state index in [4.69, 9.17) is 11.6 Å². The Labute approximate surface area is 169 Å². The van der Waals surface area contributed by atoms with E-state index in [1.165, 1.54) is 24.3 Å². The zero-order valence-corrected chi connectivity index (χ0v) is 16.3. The van der Waals surface area contributed by atoms with Gasteiger partial charge in [0.2, 0.25) is 0 Å². The molecule has 0 spiro atoms. The lowest BCUT2D eigenvalue weighted by Gasteiger charge is -2.12. The highest BCUT2D eigenvalue weighted by molar-refractivity contribution is 7.92. The predicted molar refractivity (Wildman–Crippen MR) is 102 cm³/mol. The van der Waals surface area contributed by atoms with Gasteiger partial charge < -0.3 is 0 Å². The third kappa shape index (κ3) is 4.51. The molecule has 152 valence electrons. The Kier molecular flexibility index (Phi) is 5.55. The number of anilines is 1.